The van der Waals surface area contributed by atoms with Gasteiger partial charge in [0.05, 0.1) is 10.2 Å². The van der Waals surface area contributed by atoms with Crippen LogP contribution in [0, 0.1) is 5.92 Å². The van der Waals surface area contributed by atoms with Gasteiger partial charge in [-0.15, -0.1) is 11.3 Å². The third kappa shape index (κ3) is 3.06. The van der Waals surface area contributed by atoms with Gasteiger partial charge in [0.15, 0.2) is 4.34 Å². The van der Waals surface area contributed by atoms with E-state index >= 15 is 0 Å². The molecule has 2 aromatic rings. The van der Waals surface area contributed by atoms with Gasteiger partial charge in [-0.25, -0.2) is 4.98 Å². The normalized spacial score (nSPS) is 23.8. The van der Waals surface area contributed by atoms with Crippen molar-refractivity contribution < 1.29 is 0 Å². The van der Waals surface area contributed by atoms with Crippen LogP contribution in [0.5, 0.6) is 0 Å². The molecule has 19 heavy (non-hydrogen) atoms. The van der Waals surface area contributed by atoms with E-state index in [4.69, 9.17) is 10.7 Å². The van der Waals surface area contributed by atoms with Crippen molar-refractivity contribution in [3.63, 3.8) is 0 Å². The molecule has 2 atom stereocenters. The Morgan fingerprint density at radius 3 is 3.16 bits per heavy atom. The van der Waals surface area contributed by atoms with Crippen molar-refractivity contribution >= 4 is 39.0 Å². The lowest BCUT2D eigenvalue weighted by molar-refractivity contribution is 0.357. The number of nitrogen functional groups attached to an aromatic ring is 1. The monoisotopic (exact) mass is 292 g/mol. The molecule has 1 saturated carbocycles. The first-order valence-corrected chi connectivity index (χ1v) is 8.77. The number of thiazole rings is 1. The number of fused-ring (bicyclic) bond motifs is 1. The van der Waals surface area contributed by atoms with Crippen LogP contribution in [0.25, 0.3) is 10.2 Å². The van der Waals surface area contributed by atoms with Gasteiger partial charge in [-0.1, -0.05) is 37.9 Å². The molecular formula is C15H20N2S2. The molecule has 0 aliphatic heterocycles. The van der Waals surface area contributed by atoms with E-state index in [1.54, 1.807) is 11.3 Å². The zero-order valence-corrected chi connectivity index (χ0v) is 12.9. The van der Waals surface area contributed by atoms with Crippen molar-refractivity contribution in [2.24, 2.45) is 5.92 Å². The van der Waals surface area contributed by atoms with Crippen LogP contribution in [-0.4, -0.2) is 10.2 Å². The molecule has 2 nitrogen and oxygen atoms in total. The lowest BCUT2D eigenvalue weighted by Gasteiger charge is -2.27. The highest BCUT2D eigenvalue weighted by atomic mass is 32.2. The molecule has 4 heteroatoms. The van der Waals surface area contributed by atoms with Gasteiger partial charge >= 0.3 is 0 Å². The number of benzene rings is 1. The second-order valence-corrected chi connectivity index (χ2v) is 7.97. The zero-order chi connectivity index (χ0) is 13.2. The largest absolute Gasteiger partial charge is 0.399 e. The van der Waals surface area contributed by atoms with E-state index < -0.39 is 0 Å². The second-order valence-electron chi connectivity index (χ2n) is 5.39. The molecule has 1 heterocycles. The molecule has 2 N–H and O–H groups in total. The van der Waals surface area contributed by atoms with E-state index in [2.05, 4.69) is 6.92 Å². The summed E-state index contributed by atoms with van der Waals surface area (Å²) in [6.07, 6.45) is 6.84. The summed E-state index contributed by atoms with van der Waals surface area (Å²) in [4.78, 5) is 4.72. The molecule has 102 valence electrons. The number of nitrogens with two attached hydrogens (primary N) is 1. The molecule has 1 aliphatic rings. The van der Waals surface area contributed by atoms with Gasteiger partial charge in [0.25, 0.3) is 0 Å². The third-order valence-corrected chi connectivity index (χ3v) is 6.38. The SMILES string of the molecule is CCC1CCCC(Sc2nc3ccc(N)cc3s2)C1. The molecule has 1 aliphatic carbocycles. The lowest BCUT2D eigenvalue weighted by atomic mass is 9.87. The van der Waals surface area contributed by atoms with Crippen LogP contribution in [0.4, 0.5) is 5.69 Å². The maximum absolute atomic E-state index is 5.83. The topological polar surface area (TPSA) is 38.9 Å². The Morgan fingerprint density at radius 1 is 1.42 bits per heavy atom. The molecular weight excluding hydrogens is 272 g/mol. The molecule has 0 radical (unpaired) electrons. The summed E-state index contributed by atoms with van der Waals surface area (Å²) in [5.74, 6) is 0.927. The van der Waals surface area contributed by atoms with E-state index in [0.717, 1.165) is 22.4 Å². The third-order valence-electron chi connectivity index (χ3n) is 3.97. The number of rotatable bonds is 3. The lowest BCUT2D eigenvalue weighted by Crippen LogP contribution is -2.16. The van der Waals surface area contributed by atoms with Crippen molar-refractivity contribution in [2.45, 2.75) is 48.6 Å². The number of anilines is 1. The molecule has 1 aromatic carbocycles. The predicted octanol–water partition coefficient (Wildman–Crippen LogP) is 4.94. The Kier molecular flexibility index (Phi) is 3.99. The molecule has 3 rings (SSSR count). The van der Waals surface area contributed by atoms with Crippen LogP contribution in [0.3, 0.4) is 0 Å². The van der Waals surface area contributed by atoms with Crippen LogP contribution >= 0.6 is 23.1 Å². The highest BCUT2D eigenvalue weighted by molar-refractivity contribution is 8.01. The van der Waals surface area contributed by atoms with E-state index in [9.17, 15) is 0 Å². The van der Waals surface area contributed by atoms with Crippen LogP contribution in [0.15, 0.2) is 22.5 Å². The quantitative estimate of drug-likeness (QED) is 0.814. The minimum atomic E-state index is 0.761. The molecule has 0 bridgehead atoms. The average Bonchev–Trinajstić information content (AvgIpc) is 2.80. The average molecular weight is 292 g/mol. The fraction of sp³-hybridized carbons (Fsp3) is 0.533. The second kappa shape index (κ2) is 5.71. The summed E-state index contributed by atoms with van der Waals surface area (Å²) in [5.41, 5.74) is 7.74. The zero-order valence-electron chi connectivity index (χ0n) is 11.3. The van der Waals surface area contributed by atoms with Gasteiger partial charge in [-0.3, -0.25) is 0 Å². The molecule has 0 amide bonds. The number of hydrogen-bond donors (Lipinski definition) is 1. The minimum absolute atomic E-state index is 0.761. The number of aromatic nitrogens is 1. The van der Waals surface area contributed by atoms with Gasteiger partial charge in [0.1, 0.15) is 0 Å². The molecule has 1 fully saturated rings. The Labute approximate surface area is 122 Å². The Bertz CT molecular complexity index is 564. The van der Waals surface area contributed by atoms with Gasteiger partial charge in [0.2, 0.25) is 0 Å². The molecule has 2 unspecified atom stereocenters. The fourth-order valence-corrected chi connectivity index (χ4v) is 5.54. The van der Waals surface area contributed by atoms with E-state index in [0.29, 0.717) is 0 Å². The van der Waals surface area contributed by atoms with Crippen molar-refractivity contribution in [1.82, 2.24) is 4.98 Å². The standard InChI is InChI=1S/C15H20N2S2/c1-2-10-4-3-5-12(8-10)18-15-17-13-7-6-11(16)9-14(13)19-15/h6-7,9-10,12H,2-5,8,16H2,1H3. The van der Waals surface area contributed by atoms with Crippen LogP contribution < -0.4 is 5.73 Å². The minimum Gasteiger partial charge on any atom is -0.399 e. The van der Waals surface area contributed by atoms with E-state index in [1.165, 1.54) is 41.1 Å². The smallest absolute Gasteiger partial charge is 0.151 e. The fourth-order valence-electron chi connectivity index (χ4n) is 2.83. The van der Waals surface area contributed by atoms with Crippen LogP contribution in [0.1, 0.15) is 39.0 Å². The summed E-state index contributed by atoms with van der Waals surface area (Å²) >= 11 is 3.77. The van der Waals surface area contributed by atoms with E-state index in [1.807, 2.05) is 30.0 Å². The van der Waals surface area contributed by atoms with Crippen LogP contribution in [-0.2, 0) is 0 Å². The van der Waals surface area contributed by atoms with Crippen LogP contribution in [0.2, 0.25) is 0 Å². The molecule has 1 aromatic heterocycles. The van der Waals surface area contributed by atoms with E-state index in [-0.39, 0.29) is 0 Å². The van der Waals surface area contributed by atoms with Gasteiger partial charge in [0, 0.05) is 10.9 Å². The van der Waals surface area contributed by atoms with Crippen molar-refractivity contribution in [3.05, 3.63) is 18.2 Å². The highest BCUT2D eigenvalue weighted by Gasteiger charge is 2.22. The first-order valence-electron chi connectivity index (χ1n) is 7.07. The molecule has 0 saturated heterocycles. The van der Waals surface area contributed by atoms with Crippen molar-refractivity contribution in [3.8, 4) is 0 Å². The van der Waals surface area contributed by atoms with Crippen molar-refractivity contribution in [2.75, 3.05) is 5.73 Å². The molecule has 0 spiro atoms. The summed E-state index contributed by atoms with van der Waals surface area (Å²) in [6.45, 7) is 2.32. The van der Waals surface area contributed by atoms with Gasteiger partial charge in [-0.05, 0) is 37.0 Å². The number of nitrogens with zero attached hydrogens (tertiary/aromatic N) is 1. The summed E-state index contributed by atoms with van der Waals surface area (Å²) in [7, 11) is 0. The van der Waals surface area contributed by atoms with Gasteiger partial charge < -0.3 is 5.73 Å². The number of thioether (sulfide) groups is 1. The Hall–Kier alpha value is -0.740. The van der Waals surface area contributed by atoms with Crippen molar-refractivity contribution in [1.29, 1.82) is 0 Å². The predicted molar refractivity (Wildman–Crippen MR) is 85.9 cm³/mol. The Balaban J connectivity index is 1.74. The maximum atomic E-state index is 5.83. The summed E-state index contributed by atoms with van der Waals surface area (Å²) < 4.78 is 2.42. The van der Waals surface area contributed by atoms with Gasteiger partial charge in [-0.2, -0.15) is 0 Å². The first kappa shape index (κ1) is 13.3. The maximum Gasteiger partial charge on any atom is 0.151 e. The number of hydrogen-bond acceptors (Lipinski definition) is 4. The highest BCUT2D eigenvalue weighted by Crippen LogP contribution is 2.40. The Morgan fingerprint density at radius 2 is 2.32 bits per heavy atom. The summed E-state index contributed by atoms with van der Waals surface area (Å²) in [5, 5.41) is 0.761. The first-order chi connectivity index (χ1) is 9.24. The summed E-state index contributed by atoms with van der Waals surface area (Å²) in [6, 6.07) is 6.00.